The molecule has 0 radical (unpaired) electrons. The molecule has 106 valence electrons. The number of nitrogens with one attached hydrogen (secondary N) is 1. The molecular formula is C17H19Cl2N. The van der Waals surface area contributed by atoms with Gasteiger partial charge in [0.1, 0.15) is 0 Å². The van der Waals surface area contributed by atoms with E-state index >= 15 is 0 Å². The van der Waals surface area contributed by atoms with E-state index in [9.17, 15) is 0 Å². The lowest BCUT2D eigenvalue weighted by molar-refractivity contribution is 0.456. The zero-order valence-corrected chi connectivity index (χ0v) is 13.2. The first-order valence-electron chi connectivity index (χ1n) is 6.87. The fourth-order valence-electron chi connectivity index (χ4n) is 2.29. The molecule has 1 unspecified atom stereocenters. The monoisotopic (exact) mass is 307 g/mol. The van der Waals surface area contributed by atoms with E-state index < -0.39 is 0 Å². The smallest absolute Gasteiger partial charge is 0.0406 e. The molecular weight excluding hydrogens is 289 g/mol. The molecule has 0 saturated heterocycles. The quantitative estimate of drug-likeness (QED) is 0.736. The standard InChI is InChI=1S/C17H19Cl2N/c1-3-17(14-6-10-16(19)11-7-14)20-12(2)13-4-8-15(18)9-5-13/h4-12,17,20H,3H2,1-2H3/t12-,17?/m1/s1. The van der Waals surface area contributed by atoms with Crippen LogP contribution in [0.25, 0.3) is 0 Å². The van der Waals surface area contributed by atoms with Gasteiger partial charge in [-0.15, -0.1) is 0 Å². The Balaban J connectivity index is 2.09. The third kappa shape index (κ3) is 3.99. The third-order valence-corrected chi connectivity index (χ3v) is 4.01. The van der Waals surface area contributed by atoms with Crippen molar-refractivity contribution in [3.8, 4) is 0 Å². The number of hydrogen-bond donors (Lipinski definition) is 1. The number of benzene rings is 2. The highest BCUT2D eigenvalue weighted by molar-refractivity contribution is 6.30. The van der Waals surface area contributed by atoms with E-state index in [2.05, 4.69) is 43.4 Å². The second kappa shape index (κ2) is 7.12. The summed E-state index contributed by atoms with van der Waals surface area (Å²) in [4.78, 5) is 0. The molecule has 0 heterocycles. The first-order chi connectivity index (χ1) is 9.60. The Morgan fingerprint density at radius 3 is 1.75 bits per heavy atom. The highest BCUT2D eigenvalue weighted by Crippen LogP contribution is 2.24. The Morgan fingerprint density at radius 2 is 1.30 bits per heavy atom. The maximum absolute atomic E-state index is 5.94. The summed E-state index contributed by atoms with van der Waals surface area (Å²) in [6.07, 6.45) is 1.03. The van der Waals surface area contributed by atoms with Crippen LogP contribution in [-0.2, 0) is 0 Å². The first kappa shape index (κ1) is 15.4. The van der Waals surface area contributed by atoms with Crippen LogP contribution in [0.4, 0.5) is 0 Å². The van der Waals surface area contributed by atoms with E-state index in [-0.39, 0.29) is 6.04 Å². The highest BCUT2D eigenvalue weighted by atomic mass is 35.5. The summed E-state index contributed by atoms with van der Waals surface area (Å²) >= 11 is 11.9. The minimum Gasteiger partial charge on any atom is -0.303 e. The van der Waals surface area contributed by atoms with Crippen molar-refractivity contribution in [2.45, 2.75) is 32.4 Å². The molecule has 0 aromatic heterocycles. The molecule has 0 saturated carbocycles. The summed E-state index contributed by atoms with van der Waals surface area (Å²) in [5.74, 6) is 0. The summed E-state index contributed by atoms with van der Waals surface area (Å²) < 4.78 is 0. The van der Waals surface area contributed by atoms with Crippen molar-refractivity contribution in [2.75, 3.05) is 0 Å². The second-order valence-electron chi connectivity index (χ2n) is 4.95. The van der Waals surface area contributed by atoms with Crippen LogP contribution in [0.1, 0.15) is 43.5 Å². The van der Waals surface area contributed by atoms with Crippen molar-refractivity contribution < 1.29 is 0 Å². The van der Waals surface area contributed by atoms with Gasteiger partial charge in [-0.1, -0.05) is 54.4 Å². The number of hydrogen-bond acceptors (Lipinski definition) is 1. The minimum atomic E-state index is 0.271. The largest absolute Gasteiger partial charge is 0.303 e. The van der Waals surface area contributed by atoms with Crippen molar-refractivity contribution in [2.24, 2.45) is 0 Å². The summed E-state index contributed by atoms with van der Waals surface area (Å²) in [5.41, 5.74) is 2.50. The molecule has 20 heavy (non-hydrogen) atoms. The Hall–Kier alpha value is -1.02. The van der Waals surface area contributed by atoms with E-state index in [0.29, 0.717) is 6.04 Å². The molecule has 2 rings (SSSR count). The molecule has 1 N–H and O–H groups in total. The van der Waals surface area contributed by atoms with Crippen LogP contribution >= 0.6 is 23.2 Å². The molecule has 2 atom stereocenters. The minimum absolute atomic E-state index is 0.271. The average Bonchev–Trinajstić information content (AvgIpc) is 2.46. The van der Waals surface area contributed by atoms with Crippen molar-refractivity contribution in [1.29, 1.82) is 0 Å². The van der Waals surface area contributed by atoms with Crippen molar-refractivity contribution in [3.63, 3.8) is 0 Å². The van der Waals surface area contributed by atoms with E-state index in [4.69, 9.17) is 23.2 Å². The Labute approximate surface area is 130 Å². The summed E-state index contributed by atoms with van der Waals surface area (Å²) in [6.45, 7) is 4.35. The molecule has 0 aliphatic heterocycles. The average molecular weight is 308 g/mol. The molecule has 0 fully saturated rings. The van der Waals surface area contributed by atoms with Gasteiger partial charge in [0, 0.05) is 22.1 Å². The van der Waals surface area contributed by atoms with Gasteiger partial charge in [0.25, 0.3) is 0 Å². The van der Waals surface area contributed by atoms with E-state index in [1.54, 1.807) is 0 Å². The van der Waals surface area contributed by atoms with Crippen LogP contribution in [0, 0.1) is 0 Å². The lowest BCUT2D eigenvalue weighted by atomic mass is 10.0. The number of halogens is 2. The maximum Gasteiger partial charge on any atom is 0.0406 e. The van der Waals surface area contributed by atoms with Crippen molar-refractivity contribution in [1.82, 2.24) is 5.32 Å². The molecule has 1 nitrogen and oxygen atoms in total. The Morgan fingerprint density at radius 1 is 0.850 bits per heavy atom. The van der Waals surface area contributed by atoms with Crippen LogP contribution in [0.3, 0.4) is 0 Å². The van der Waals surface area contributed by atoms with E-state index in [0.717, 1.165) is 16.5 Å². The normalized spacial score (nSPS) is 14.0. The van der Waals surface area contributed by atoms with Gasteiger partial charge in [-0.3, -0.25) is 0 Å². The fourth-order valence-corrected chi connectivity index (χ4v) is 2.55. The molecule has 0 amide bonds. The van der Waals surface area contributed by atoms with Gasteiger partial charge < -0.3 is 5.32 Å². The molecule has 2 aromatic rings. The fraction of sp³-hybridized carbons (Fsp3) is 0.294. The first-order valence-corrected chi connectivity index (χ1v) is 7.62. The molecule has 0 aliphatic carbocycles. The van der Waals surface area contributed by atoms with Crippen LogP contribution in [0.5, 0.6) is 0 Å². The van der Waals surface area contributed by atoms with Gasteiger partial charge in [0.15, 0.2) is 0 Å². The van der Waals surface area contributed by atoms with Crippen molar-refractivity contribution >= 4 is 23.2 Å². The summed E-state index contributed by atoms with van der Waals surface area (Å²) in [6, 6.07) is 16.6. The molecule has 2 aromatic carbocycles. The predicted octanol–water partition coefficient (Wildman–Crippen LogP) is 5.80. The van der Waals surface area contributed by atoms with Gasteiger partial charge in [0.2, 0.25) is 0 Å². The second-order valence-corrected chi connectivity index (χ2v) is 5.83. The lowest BCUT2D eigenvalue weighted by Crippen LogP contribution is -2.24. The van der Waals surface area contributed by atoms with Gasteiger partial charge in [-0.2, -0.15) is 0 Å². The van der Waals surface area contributed by atoms with Gasteiger partial charge in [0.05, 0.1) is 0 Å². The Kier molecular flexibility index (Phi) is 5.47. The van der Waals surface area contributed by atoms with Crippen LogP contribution in [-0.4, -0.2) is 0 Å². The highest BCUT2D eigenvalue weighted by Gasteiger charge is 2.13. The predicted molar refractivity (Wildman–Crippen MR) is 87.5 cm³/mol. The topological polar surface area (TPSA) is 12.0 Å². The van der Waals surface area contributed by atoms with Gasteiger partial charge >= 0.3 is 0 Å². The molecule has 0 bridgehead atoms. The zero-order chi connectivity index (χ0) is 14.5. The molecule has 0 spiro atoms. The van der Waals surface area contributed by atoms with Gasteiger partial charge in [-0.25, -0.2) is 0 Å². The molecule has 3 heteroatoms. The summed E-state index contributed by atoms with van der Waals surface area (Å²) in [5, 5.41) is 5.19. The molecule has 0 aliphatic rings. The van der Waals surface area contributed by atoms with Crippen LogP contribution in [0.2, 0.25) is 10.0 Å². The maximum atomic E-state index is 5.94. The SMILES string of the molecule is CCC(N[C@H](C)c1ccc(Cl)cc1)c1ccc(Cl)cc1. The van der Waals surface area contributed by atoms with Crippen LogP contribution < -0.4 is 5.32 Å². The van der Waals surface area contributed by atoms with E-state index in [1.165, 1.54) is 11.1 Å². The Bertz CT molecular complexity index is 534. The summed E-state index contributed by atoms with van der Waals surface area (Å²) in [7, 11) is 0. The van der Waals surface area contributed by atoms with Crippen LogP contribution in [0.15, 0.2) is 48.5 Å². The van der Waals surface area contributed by atoms with E-state index in [1.807, 2.05) is 24.3 Å². The third-order valence-electron chi connectivity index (χ3n) is 3.50. The van der Waals surface area contributed by atoms with Gasteiger partial charge in [-0.05, 0) is 48.7 Å². The number of rotatable bonds is 5. The zero-order valence-electron chi connectivity index (χ0n) is 11.7. The lowest BCUT2D eigenvalue weighted by Gasteiger charge is -2.23. The van der Waals surface area contributed by atoms with Crippen molar-refractivity contribution in [3.05, 3.63) is 69.7 Å².